The molecule has 0 aliphatic heterocycles. The number of nitrogens with zero attached hydrogens (tertiary/aromatic N) is 3. The van der Waals surface area contributed by atoms with Crippen LogP contribution in [0.3, 0.4) is 0 Å². The van der Waals surface area contributed by atoms with E-state index in [2.05, 4.69) is 52.0 Å². The molecule has 0 radical (unpaired) electrons. The number of aromatic amines is 2. The Hall–Kier alpha value is -3.11. The molecule has 4 aromatic heterocycles. The lowest BCUT2D eigenvalue weighted by molar-refractivity contribution is -0.596. The first kappa shape index (κ1) is 19.8. The van der Waals surface area contributed by atoms with Crippen molar-refractivity contribution in [1.82, 2.24) is 20.2 Å². The van der Waals surface area contributed by atoms with Crippen LogP contribution < -0.4 is 14.9 Å². The van der Waals surface area contributed by atoms with E-state index in [1.54, 1.807) is 23.0 Å². The normalized spacial score (nSPS) is 11.4. The molecule has 154 valence electrons. The van der Waals surface area contributed by atoms with Crippen LogP contribution in [0, 0.1) is 5.82 Å². The number of pyridine rings is 3. The van der Waals surface area contributed by atoms with Gasteiger partial charge in [0.05, 0.1) is 29.8 Å². The van der Waals surface area contributed by atoms with E-state index in [1.807, 2.05) is 18.2 Å². The second-order valence-electron chi connectivity index (χ2n) is 6.69. The van der Waals surface area contributed by atoms with Crippen molar-refractivity contribution >= 4 is 53.7 Å². The maximum atomic E-state index is 14.4. The molecule has 0 saturated heterocycles. The first-order chi connectivity index (χ1) is 15.0. The fourth-order valence-electron chi connectivity index (χ4n) is 3.73. The number of H-pyrrole nitrogens is 2. The minimum Gasteiger partial charge on any atom is -0.493 e. The molecule has 0 spiro atoms. The molecule has 0 fully saturated rings. The molecule has 4 heterocycles. The van der Waals surface area contributed by atoms with Gasteiger partial charge in [-0.3, -0.25) is 9.89 Å². The Balaban J connectivity index is 2.08. The molecular weight excluding hydrogens is 533 g/mol. The lowest BCUT2D eigenvalue weighted by Gasteiger charge is -2.15. The highest BCUT2D eigenvalue weighted by atomic mass is 79.9. The number of rotatable bonds is 3. The van der Waals surface area contributed by atoms with Gasteiger partial charge in [0, 0.05) is 23.1 Å². The van der Waals surface area contributed by atoms with Gasteiger partial charge in [0.25, 0.3) is 5.69 Å². The molecule has 7 nitrogen and oxygen atoms in total. The lowest BCUT2D eigenvalue weighted by atomic mass is 9.96. The molecule has 5 rings (SSSR count). The standard InChI is InChI=1S/C21H12Br2FN5O2/c1-31-18-14-13(10-5-6-12(24)15-11(10)9-25-28-15)17(29-7-3-2-4-8-29)21(30)26-16(14)19(22)27-20(18)23/h2-9H,1H3,(H-,25,26,28,30)/p+1. The van der Waals surface area contributed by atoms with E-state index >= 15 is 0 Å². The third-order valence-electron chi connectivity index (χ3n) is 5.02. The molecule has 0 aliphatic rings. The average molecular weight is 546 g/mol. The average Bonchev–Trinajstić information content (AvgIpc) is 3.26. The van der Waals surface area contributed by atoms with Crippen molar-refractivity contribution < 1.29 is 13.7 Å². The second-order valence-corrected chi connectivity index (χ2v) is 8.19. The number of ether oxygens (including phenoxy) is 1. The summed E-state index contributed by atoms with van der Waals surface area (Å²) in [4.78, 5) is 20.6. The van der Waals surface area contributed by atoms with Crippen molar-refractivity contribution in [2.75, 3.05) is 7.11 Å². The molecule has 1 aromatic carbocycles. The summed E-state index contributed by atoms with van der Waals surface area (Å²) in [5.41, 5.74) is 1.90. The van der Waals surface area contributed by atoms with Crippen LogP contribution >= 0.6 is 31.9 Å². The lowest BCUT2D eigenvalue weighted by Crippen LogP contribution is -2.37. The largest absolute Gasteiger partial charge is 0.493 e. The number of hydrogen-bond acceptors (Lipinski definition) is 4. The predicted molar refractivity (Wildman–Crippen MR) is 121 cm³/mol. The fourth-order valence-corrected chi connectivity index (χ4v) is 4.98. The molecule has 0 saturated carbocycles. The summed E-state index contributed by atoms with van der Waals surface area (Å²) in [7, 11) is 1.53. The van der Waals surface area contributed by atoms with Gasteiger partial charge in [-0.2, -0.15) is 9.67 Å². The molecule has 2 N–H and O–H groups in total. The van der Waals surface area contributed by atoms with Crippen molar-refractivity contribution in [3.8, 4) is 22.6 Å². The van der Waals surface area contributed by atoms with E-state index in [4.69, 9.17) is 4.74 Å². The molecule has 0 unspecified atom stereocenters. The minimum atomic E-state index is -0.435. The molecule has 10 heteroatoms. The highest BCUT2D eigenvalue weighted by Gasteiger charge is 2.29. The first-order valence-corrected chi connectivity index (χ1v) is 10.7. The quantitative estimate of drug-likeness (QED) is 0.259. The van der Waals surface area contributed by atoms with Gasteiger partial charge in [0.15, 0.2) is 18.1 Å². The van der Waals surface area contributed by atoms with E-state index in [0.29, 0.717) is 48.1 Å². The summed E-state index contributed by atoms with van der Waals surface area (Å²) < 4.78 is 22.7. The Morgan fingerprint density at radius 2 is 1.87 bits per heavy atom. The maximum absolute atomic E-state index is 14.4. The van der Waals surface area contributed by atoms with E-state index in [0.717, 1.165) is 0 Å². The summed E-state index contributed by atoms with van der Waals surface area (Å²) in [6.45, 7) is 0. The topological polar surface area (TPSA) is 87.5 Å². The van der Waals surface area contributed by atoms with Gasteiger partial charge in [-0.1, -0.05) is 12.1 Å². The van der Waals surface area contributed by atoms with Crippen molar-refractivity contribution in [3.63, 3.8) is 0 Å². The summed E-state index contributed by atoms with van der Waals surface area (Å²) in [6, 6.07) is 8.48. The molecule has 0 aliphatic carbocycles. The number of methoxy groups -OCH3 is 1. The zero-order valence-electron chi connectivity index (χ0n) is 15.9. The van der Waals surface area contributed by atoms with Crippen LogP contribution in [-0.2, 0) is 0 Å². The van der Waals surface area contributed by atoms with Crippen LogP contribution in [-0.4, -0.2) is 27.3 Å². The van der Waals surface area contributed by atoms with Crippen molar-refractivity contribution in [2.45, 2.75) is 0 Å². The van der Waals surface area contributed by atoms with Gasteiger partial charge in [0.2, 0.25) is 0 Å². The van der Waals surface area contributed by atoms with Gasteiger partial charge in [-0.25, -0.2) is 9.37 Å². The van der Waals surface area contributed by atoms with Crippen LogP contribution in [0.2, 0.25) is 0 Å². The van der Waals surface area contributed by atoms with Crippen LogP contribution in [0.4, 0.5) is 4.39 Å². The van der Waals surface area contributed by atoms with E-state index in [1.165, 1.54) is 19.4 Å². The number of halogens is 3. The number of fused-ring (bicyclic) bond motifs is 2. The molecule has 0 amide bonds. The molecule has 0 bridgehead atoms. The fraction of sp³-hybridized carbons (Fsp3) is 0.0476. The van der Waals surface area contributed by atoms with Gasteiger partial charge in [-0.05, 0) is 37.9 Å². The second kappa shape index (κ2) is 7.54. The van der Waals surface area contributed by atoms with Gasteiger partial charge < -0.3 is 9.72 Å². The Bertz CT molecular complexity index is 1530. The first-order valence-electron chi connectivity index (χ1n) is 9.09. The molecule has 5 aromatic rings. The summed E-state index contributed by atoms with van der Waals surface area (Å²) in [5, 5.41) is 7.85. The Morgan fingerprint density at radius 3 is 2.61 bits per heavy atom. The van der Waals surface area contributed by atoms with Crippen LogP contribution in [0.1, 0.15) is 0 Å². The highest BCUT2D eigenvalue weighted by Crippen LogP contribution is 2.43. The zero-order valence-corrected chi connectivity index (χ0v) is 19.1. The number of aromatic nitrogens is 5. The van der Waals surface area contributed by atoms with E-state index in [-0.39, 0.29) is 11.1 Å². The monoisotopic (exact) mass is 544 g/mol. The van der Waals surface area contributed by atoms with E-state index in [9.17, 15) is 9.18 Å². The highest BCUT2D eigenvalue weighted by molar-refractivity contribution is 9.11. The maximum Gasteiger partial charge on any atom is 0.321 e. The Morgan fingerprint density at radius 1 is 1.10 bits per heavy atom. The summed E-state index contributed by atoms with van der Waals surface area (Å²) in [6.07, 6.45) is 5.08. The van der Waals surface area contributed by atoms with Crippen molar-refractivity contribution in [2.24, 2.45) is 0 Å². The van der Waals surface area contributed by atoms with Crippen molar-refractivity contribution in [3.05, 3.63) is 74.3 Å². The molecular formula is C21H13Br2FN5O2+. The molecule has 31 heavy (non-hydrogen) atoms. The smallest absolute Gasteiger partial charge is 0.321 e. The van der Waals surface area contributed by atoms with Gasteiger partial charge in [0.1, 0.15) is 20.5 Å². The predicted octanol–water partition coefficient (Wildman–Crippen LogP) is 4.42. The zero-order chi connectivity index (χ0) is 21.7. The minimum absolute atomic E-state index is 0.251. The van der Waals surface area contributed by atoms with E-state index < -0.39 is 5.82 Å². The van der Waals surface area contributed by atoms with Gasteiger partial charge >= 0.3 is 5.56 Å². The van der Waals surface area contributed by atoms with Gasteiger partial charge in [-0.15, -0.1) is 0 Å². The SMILES string of the molecule is COc1c(Br)nc(Br)c2[nH]c(=O)c(-[n+]3ccccc3)c(-c3ccc(F)c4[nH]ncc34)c12. The Labute approximate surface area is 191 Å². The number of benzene rings is 1. The number of nitrogens with one attached hydrogen (secondary N) is 2. The summed E-state index contributed by atoms with van der Waals surface area (Å²) >= 11 is 6.88. The molecule has 0 atom stereocenters. The third kappa shape index (κ3) is 3.05. The Kier molecular flexibility index (Phi) is 4.82. The summed E-state index contributed by atoms with van der Waals surface area (Å²) in [5.74, 6) is -0.00139. The van der Waals surface area contributed by atoms with Crippen molar-refractivity contribution in [1.29, 1.82) is 0 Å². The van der Waals surface area contributed by atoms with Crippen LogP contribution in [0.15, 0.2) is 62.9 Å². The third-order valence-corrected chi connectivity index (χ3v) is 6.13. The number of hydrogen-bond donors (Lipinski definition) is 2. The van der Waals surface area contributed by atoms with Crippen LogP contribution in [0.5, 0.6) is 5.75 Å². The van der Waals surface area contributed by atoms with Crippen LogP contribution in [0.25, 0.3) is 38.6 Å².